The third-order valence-electron chi connectivity index (χ3n) is 4.41. The van der Waals surface area contributed by atoms with Gasteiger partial charge >= 0.3 is 0 Å². The van der Waals surface area contributed by atoms with Crippen molar-refractivity contribution in [3.05, 3.63) is 53.8 Å². The molecule has 0 spiro atoms. The van der Waals surface area contributed by atoms with Crippen molar-refractivity contribution >= 4 is 23.2 Å². The molecule has 0 unspecified atom stereocenters. The fourth-order valence-corrected chi connectivity index (χ4v) is 3.09. The number of fused-ring (bicyclic) bond motifs is 1. The Morgan fingerprint density at radius 1 is 1.15 bits per heavy atom. The van der Waals surface area contributed by atoms with Crippen LogP contribution in [0.5, 0.6) is 5.75 Å². The number of nitrogens with zero attached hydrogens (tertiary/aromatic N) is 1. The topological polar surface area (TPSA) is 70.7 Å². The normalized spacial score (nSPS) is 12.9. The quantitative estimate of drug-likeness (QED) is 0.818. The maximum Gasteiger partial charge on any atom is 0.243 e. The molecule has 1 aliphatic heterocycles. The highest BCUT2D eigenvalue weighted by Crippen LogP contribution is 2.30. The zero-order chi connectivity index (χ0) is 19.2. The number of hydrogen-bond acceptors (Lipinski definition) is 4. The molecule has 2 aromatic carbocycles. The van der Waals surface area contributed by atoms with E-state index in [-0.39, 0.29) is 30.7 Å². The predicted molar refractivity (Wildman–Crippen MR) is 102 cm³/mol. The number of anilines is 2. The van der Waals surface area contributed by atoms with E-state index in [9.17, 15) is 14.0 Å². The third-order valence-corrected chi connectivity index (χ3v) is 4.41. The zero-order valence-corrected chi connectivity index (χ0v) is 15.1. The number of benzene rings is 2. The van der Waals surface area contributed by atoms with Crippen molar-refractivity contribution in [2.24, 2.45) is 0 Å². The number of ether oxygens (including phenoxy) is 1. The second-order valence-corrected chi connectivity index (χ2v) is 6.35. The highest BCUT2D eigenvalue weighted by molar-refractivity contribution is 5.95. The molecular weight excluding hydrogens is 349 g/mol. The summed E-state index contributed by atoms with van der Waals surface area (Å²) < 4.78 is 18.1. The number of methoxy groups -OCH3 is 1. The molecule has 2 N–H and O–H groups in total. The first-order chi connectivity index (χ1) is 13.0. The predicted octanol–water partition coefficient (Wildman–Crippen LogP) is 2.34. The van der Waals surface area contributed by atoms with Crippen LogP contribution in [-0.2, 0) is 16.0 Å². The Morgan fingerprint density at radius 3 is 2.67 bits per heavy atom. The average molecular weight is 371 g/mol. The monoisotopic (exact) mass is 371 g/mol. The van der Waals surface area contributed by atoms with Crippen molar-refractivity contribution in [2.75, 3.05) is 37.0 Å². The van der Waals surface area contributed by atoms with Crippen LogP contribution in [0.2, 0.25) is 0 Å². The van der Waals surface area contributed by atoms with Gasteiger partial charge in [-0.05, 0) is 60.9 Å². The number of nitrogens with one attached hydrogen (secondary N) is 2. The van der Waals surface area contributed by atoms with Gasteiger partial charge in [0.05, 0.1) is 20.2 Å². The van der Waals surface area contributed by atoms with E-state index in [1.54, 1.807) is 7.11 Å². The lowest BCUT2D eigenvalue weighted by Gasteiger charge is -2.31. The SMILES string of the molecule is COc1ccc2c(c1)CCCN2CC(=O)NCC(=O)Nc1ccc(F)cc1. The number of carbonyl (C=O) groups is 2. The van der Waals surface area contributed by atoms with Gasteiger partial charge in [-0.25, -0.2) is 4.39 Å². The van der Waals surface area contributed by atoms with Gasteiger partial charge in [-0.2, -0.15) is 0 Å². The average Bonchev–Trinajstić information content (AvgIpc) is 2.68. The number of aryl methyl sites for hydroxylation is 1. The maximum absolute atomic E-state index is 12.9. The highest BCUT2D eigenvalue weighted by atomic mass is 19.1. The summed E-state index contributed by atoms with van der Waals surface area (Å²) >= 11 is 0. The van der Waals surface area contributed by atoms with Gasteiger partial charge in [0.1, 0.15) is 11.6 Å². The summed E-state index contributed by atoms with van der Waals surface area (Å²) in [6, 6.07) is 11.3. The van der Waals surface area contributed by atoms with Gasteiger partial charge in [-0.3, -0.25) is 9.59 Å². The molecule has 1 heterocycles. The maximum atomic E-state index is 12.9. The van der Waals surface area contributed by atoms with Gasteiger partial charge in [0.2, 0.25) is 11.8 Å². The lowest BCUT2D eigenvalue weighted by Crippen LogP contribution is -2.42. The molecule has 1 aliphatic rings. The number of halogens is 1. The van der Waals surface area contributed by atoms with Crippen LogP contribution in [-0.4, -0.2) is 38.6 Å². The Hall–Kier alpha value is -3.09. The Kier molecular flexibility index (Phi) is 5.90. The summed E-state index contributed by atoms with van der Waals surface area (Å²) in [6.07, 6.45) is 1.91. The summed E-state index contributed by atoms with van der Waals surface area (Å²) in [5.41, 5.74) is 2.66. The molecule has 142 valence electrons. The number of hydrogen-bond donors (Lipinski definition) is 2. The Bertz CT molecular complexity index is 824. The summed E-state index contributed by atoms with van der Waals surface area (Å²) in [6.45, 7) is 0.831. The van der Waals surface area contributed by atoms with Crippen LogP contribution in [0.25, 0.3) is 0 Å². The van der Waals surface area contributed by atoms with Crippen LogP contribution in [0, 0.1) is 5.82 Å². The Labute approximate surface area is 157 Å². The summed E-state index contributed by atoms with van der Waals surface area (Å²) in [5.74, 6) is -0.162. The largest absolute Gasteiger partial charge is 0.497 e. The molecule has 6 nitrogen and oxygen atoms in total. The molecule has 0 aromatic heterocycles. The molecule has 3 rings (SSSR count). The zero-order valence-electron chi connectivity index (χ0n) is 15.1. The van der Waals surface area contributed by atoms with Crippen molar-refractivity contribution < 1.29 is 18.7 Å². The molecule has 2 aromatic rings. The molecule has 27 heavy (non-hydrogen) atoms. The fraction of sp³-hybridized carbons (Fsp3) is 0.300. The van der Waals surface area contributed by atoms with Crippen molar-refractivity contribution in [1.29, 1.82) is 0 Å². The van der Waals surface area contributed by atoms with Crippen molar-refractivity contribution in [3.8, 4) is 5.75 Å². The van der Waals surface area contributed by atoms with Gasteiger partial charge in [0.15, 0.2) is 0 Å². The van der Waals surface area contributed by atoms with Crippen LogP contribution in [0.4, 0.5) is 15.8 Å². The van der Waals surface area contributed by atoms with E-state index in [1.165, 1.54) is 24.3 Å². The standard InChI is InChI=1S/C20H22FN3O3/c1-27-17-8-9-18-14(11-17)3-2-10-24(18)13-20(26)22-12-19(25)23-16-6-4-15(21)5-7-16/h4-9,11H,2-3,10,12-13H2,1H3,(H,22,26)(H,23,25). The minimum absolute atomic E-state index is 0.139. The molecule has 0 bridgehead atoms. The van der Waals surface area contributed by atoms with Gasteiger partial charge in [0.25, 0.3) is 0 Å². The lowest BCUT2D eigenvalue weighted by atomic mass is 10.0. The van der Waals surface area contributed by atoms with Gasteiger partial charge < -0.3 is 20.3 Å². The molecule has 0 radical (unpaired) electrons. The van der Waals surface area contributed by atoms with E-state index in [0.717, 1.165) is 36.4 Å². The minimum Gasteiger partial charge on any atom is -0.497 e. The lowest BCUT2D eigenvalue weighted by molar-refractivity contribution is -0.123. The summed E-state index contributed by atoms with van der Waals surface area (Å²) in [5, 5.41) is 5.23. The van der Waals surface area contributed by atoms with E-state index in [1.807, 2.05) is 23.1 Å². The molecule has 0 fully saturated rings. The number of carbonyl (C=O) groups excluding carboxylic acids is 2. The summed E-state index contributed by atoms with van der Waals surface area (Å²) in [4.78, 5) is 26.2. The van der Waals surface area contributed by atoms with Gasteiger partial charge in [-0.1, -0.05) is 0 Å². The van der Waals surface area contributed by atoms with E-state index < -0.39 is 0 Å². The van der Waals surface area contributed by atoms with Crippen molar-refractivity contribution in [3.63, 3.8) is 0 Å². The molecule has 0 saturated heterocycles. The molecular formula is C20H22FN3O3. The van der Waals surface area contributed by atoms with Crippen LogP contribution in [0.3, 0.4) is 0 Å². The van der Waals surface area contributed by atoms with E-state index in [2.05, 4.69) is 10.6 Å². The molecule has 2 amide bonds. The first-order valence-electron chi connectivity index (χ1n) is 8.79. The van der Waals surface area contributed by atoms with Crippen LogP contribution in [0.15, 0.2) is 42.5 Å². The first kappa shape index (κ1) is 18.7. The number of rotatable bonds is 6. The van der Waals surface area contributed by atoms with Crippen LogP contribution >= 0.6 is 0 Å². The molecule has 0 saturated carbocycles. The van der Waals surface area contributed by atoms with Gasteiger partial charge in [0, 0.05) is 17.9 Å². The highest BCUT2D eigenvalue weighted by Gasteiger charge is 2.20. The molecule has 0 aliphatic carbocycles. The second-order valence-electron chi connectivity index (χ2n) is 6.35. The van der Waals surface area contributed by atoms with Crippen LogP contribution in [0.1, 0.15) is 12.0 Å². The van der Waals surface area contributed by atoms with E-state index in [4.69, 9.17) is 4.74 Å². The fourth-order valence-electron chi connectivity index (χ4n) is 3.09. The summed E-state index contributed by atoms with van der Waals surface area (Å²) in [7, 11) is 1.63. The molecule has 7 heteroatoms. The van der Waals surface area contributed by atoms with Crippen molar-refractivity contribution in [2.45, 2.75) is 12.8 Å². The second kappa shape index (κ2) is 8.53. The van der Waals surface area contributed by atoms with Gasteiger partial charge in [-0.15, -0.1) is 0 Å². The van der Waals surface area contributed by atoms with E-state index in [0.29, 0.717) is 5.69 Å². The first-order valence-corrected chi connectivity index (χ1v) is 8.79. The van der Waals surface area contributed by atoms with E-state index >= 15 is 0 Å². The Balaban J connectivity index is 1.51. The minimum atomic E-state index is -0.374. The third kappa shape index (κ3) is 4.97. The van der Waals surface area contributed by atoms with Crippen LogP contribution < -0.4 is 20.3 Å². The Morgan fingerprint density at radius 2 is 1.93 bits per heavy atom. The number of amides is 2. The molecule has 0 atom stereocenters. The van der Waals surface area contributed by atoms with Crippen molar-refractivity contribution in [1.82, 2.24) is 5.32 Å². The smallest absolute Gasteiger partial charge is 0.243 e.